The Hall–Kier alpha value is -1.39. The van der Waals surface area contributed by atoms with Crippen LogP contribution in [0.25, 0.3) is 0 Å². The molecule has 0 aromatic carbocycles. The first kappa shape index (κ1) is 16.6. The summed E-state index contributed by atoms with van der Waals surface area (Å²) < 4.78 is 9.61. The minimum atomic E-state index is -0.650. The summed E-state index contributed by atoms with van der Waals surface area (Å²) in [6.45, 7) is 9.43. The molecule has 0 amide bonds. The second kappa shape index (κ2) is 5.98. The maximum atomic E-state index is 11.4. The third-order valence-electron chi connectivity index (χ3n) is 1.95. The monoisotopic (exact) mass is 258 g/mol. The van der Waals surface area contributed by atoms with Crippen LogP contribution in [0.1, 0.15) is 41.5 Å². The summed E-state index contributed by atoms with van der Waals surface area (Å²) in [7, 11) is 0. The predicted molar refractivity (Wildman–Crippen MR) is 65.8 cm³/mol. The Labute approximate surface area is 108 Å². The largest absolute Gasteiger partial charge is 0.457 e. The van der Waals surface area contributed by atoms with Crippen molar-refractivity contribution in [3.63, 3.8) is 0 Å². The molecule has 0 fully saturated rings. The molecule has 0 atom stereocenters. The fourth-order valence-electron chi connectivity index (χ4n) is 0.767. The van der Waals surface area contributed by atoms with Crippen LogP contribution in [0.4, 0.5) is 0 Å². The highest BCUT2D eigenvalue weighted by atomic mass is 16.6. The van der Waals surface area contributed by atoms with Gasteiger partial charge in [0.2, 0.25) is 5.78 Å². The highest BCUT2D eigenvalue weighted by molar-refractivity contribution is 5.86. The van der Waals surface area contributed by atoms with Crippen molar-refractivity contribution in [1.29, 1.82) is 0 Å². The van der Waals surface area contributed by atoms with Crippen LogP contribution >= 0.6 is 0 Å². The molecule has 0 rings (SSSR count). The second-order valence-electron chi connectivity index (χ2n) is 6.19. The lowest BCUT2D eigenvalue weighted by molar-refractivity contribution is -0.160. The van der Waals surface area contributed by atoms with Gasteiger partial charge >= 0.3 is 11.9 Å². The molecule has 0 aliphatic rings. The molecule has 5 nitrogen and oxygen atoms in total. The Morgan fingerprint density at radius 1 is 0.722 bits per heavy atom. The van der Waals surface area contributed by atoms with Gasteiger partial charge in [0, 0.05) is 0 Å². The Kier molecular flexibility index (Phi) is 5.52. The summed E-state index contributed by atoms with van der Waals surface area (Å²) in [6.07, 6.45) is 0. The number of rotatable bonds is 4. The molecule has 0 unspecified atom stereocenters. The van der Waals surface area contributed by atoms with Crippen LogP contribution in [0.15, 0.2) is 0 Å². The van der Waals surface area contributed by atoms with Gasteiger partial charge in [0.25, 0.3) is 0 Å². The average Bonchev–Trinajstić information content (AvgIpc) is 2.19. The van der Waals surface area contributed by atoms with Crippen LogP contribution in [-0.2, 0) is 23.9 Å². The quantitative estimate of drug-likeness (QED) is 0.718. The topological polar surface area (TPSA) is 69.7 Å². The first-order valence-corrected chi connectivity index (χ1v) is 5.81. The van der Waals surface area contributed by atoms with Gasteiger partial charge in [-0.05, 0) is 41.5 Å². The molecule has 0 radical (unpaired) electrons. The minimum absolute atomic E-state index is 0.368. The number of carbonyl (C=O) groups excluding carboxylic acids is 3. The third kappa shape index (κ3) is 6.37. The lowest BCUT2D eigenvalue weighted by Crippen LogP contribution is -2.29. The number of ether oxygens (including phenoxy) is 2. The number of Topliss-reactive ketones (excluding diaryl/α,β-unsaturated/α-hetero) is 1. The van der Waals surface area contributed by atoms with E-state index in [-0.39, 0.29) is 13.2 Å². The number of hydrogen-bond acceptors (Lipinski definition) is 5. The standard InChI is InChI=1S/C13H22O5/c1-12(2,3)10(15)17-7-9(14)8-18-11(16)13(4,5)6/h7-8H2,1-6H3. The maximum Gasteiger partial charge on any atom is 0.311 e. The fraction of sp³-hybridized carbons (Fsp3) is 0.769. The molecule has 0 aromatic rings. The van der Waals surface area contributed by atoms with Gasteiger partial charge in [0.05, 0.1) is 10.8 Å². The molecule has 0 saturated heterocycles. The highest BCUT2D eigenvalue weighted by Gasteiger charge is 2.25. The van der Waals surface area contributed by atoms with Crippen LogP contribution in [0, 0.1) is 10.8 Å². The van der Waals surface area contributed by atoms with Gasteiger partial charge in [-0.2, -0.15) is 0 Å². The zero-order valence-corrected chi connectivity index (χ0v) is 12.0. The van der Waals surface area contributed by atoms with Crippen molar-refractivity contribution in [2.75, 3.05) is 13.2 Å². The van der Waals surface area contributed by atoms with Crippen molar-refractivity contribution in [2.24, 2.45) is 10.8 Å². The highest BCUT2D eigenvalue weighted by Crippen LogP contribution is 2.16. The van der Waals surface area contributed by atoms with Crippen molar-refractivity contribution in [3.8, 4) is 0 Å². The van der Waals surface area contributed by atoms with Gasteiger partial charge in [-0.25, -0.2) is 0 Å². The molecule has 18 heavy (non-hydrogen) atoms. The van der Waals surface area contributed by atoms with Crippen LogP contribution in [0.2, 0.25) is 0 Å². The molecule has 5 heteroatoms. The van der Waals surface area contributed by atoms with Gasteiger partial charge in [-0.1, -0.05) is 0 Å². The molecular weight excluding hydrogens is 236 g/mol. The van der Waals surface area contributed by atoms with Crippen molar-refractivity contribution < 1.29 is 23.9 Å². The van der Waals surface area contributed by atoms with E-state index in [1.807, 2.05) is 0 Å². The van der Waals surface area contributed by atoms with E-state index in [1.165, 1.54) is 0 Å². The molecule has 0 aliphatic carbocycles. The lowest BCUT2D eigenvalue weighted by atomic mass is 9.97. The molecule has 0 bridgehead atoms. The summed E-state index contributed by atoms with van der Waals surface area (Å²) in [5, 5.41) is 0. The molecule has 104 valence electrons. The van der Waals surface area contributed by atoms with Gasteiger partial charge in [-0.3, -0.25) is 14.4 Å². The van der Waals surface area contributed by atoms with E-state index in [9.17, 15) is 14.4 Å². The van der Waals surface area contributed by atoms with Crippen LogP contribution in [0.5, 0.6) is 0 Å². The summed E-state index contributed by atoms with van der Waals surface area (Å²) in [4.78, 5) is 34.1. The van der Waals surface area contributed by atoms with Crippen molar-refractivity contribution >= 4 is 17.7 Å². The first-order chi connectivity index (χ1) is 7.94. The Balaban J connectivity index is 4.01. The van der Waals surface area contributed by atoms with Gasteiger partial charge < -0.3 is 9.47 Å². The number of ketones is 1. The number of hydrogen-bond donors (Lipinski definition) is 0. The predicted octanol–water partition coefficient (Wildman–Crippen LogP) is 1.73. The number of esters is 2. The van der Waals surface area contributed by atoms with E-state index in [1.54, 1.807) is 41.5 Å². The lowest BCUT2D eigenvalue weighted by Gasteiger charge is -2.17. The third-order valence-corrected chi connectivity index (χ3v) is 1.95. The van der Waals surface area contributed by atoms with Gasteiger partial charge in [-0.15, -0.1) is 0 Å². The second-order valence-corrected chi connectivity index (χ2v) is 6.19. The molecule has 0 N–H and O–H groups in total. The number of carbonyl (C=O) groups is 3. The Morgan fingerprint density at radius 3 is 1.22 bits per heavy atom. The first-order valence-electron chi connectivity index (χ1n) is 5.81. The van der Waals surface area contributed by atoms with E-state index < -0.39 is 28.6 Å². The summed E-state index contributed by atoms with van der Waals surface area (Å²) in [5.74, 6) is -1.36. The molecule has 0 spiro atoms. The van der Waals surface area contributed by atoms with Gasteiger partial charge in [0.15, 0.2) is 13.2 Å². The summed E-state index contributed by atoms with van der Waals surface area (Å²) in [6, 6.07) is 0. The van der Waals surface area contributed by atoms with E-state index in [0.717, 1.165) is 0 Å². The van der Waals surface area contributed by atoms with E-state index in [4.69, 9.17) is 9.47 Å². The zero-order chi connectivity index (χ0) is 14.6. The zero-order valence-electron chi connectivity index (χ0n) is 12.0. The van der Waals surface area contributed by atoms with Gasteiger partial charge in [0.1, 0.15) is 0 Å². The van der Waals surface area contributed by atoms with Crippen molar-refractivity contribution in [3.05, 3.63) is 0 Å². The average molecular weight is 258 g/mol. The van der Waals surface area contributed by atoms with Crippen molar-refractivity contribution in [1.82, 2.24) is 0 Å². The summed E-state index contributed by atoms with van der Waals surface area (Å²) in [5.41, 5.74) is -1.30. The normalized spacial score (nSPS) is 11.9. The van der Waals surface area contributed by atoms with Crippen molar-refractivity contribution in [2.45, 2.75) is 41.5 Å². The van der Waals surface area contributed by atoms with E-state index in [2.05, 4.69) is 0 Å². The van der Waals surface area contributed by atoms with E-state index in [0.29, 0.717) is 0 Å². The van der Waals surface area contributed by atoms with E-state index >= 15 is 0 Å². The minimum Gasteiger partial charge on any atom is -0.457 e. The fourth-order valence-corrected chi connectivity index (χ4v) is 0.767. The molecule has 0 heterocycles. The smallest absolute Gasteiger partial charge is 0.311 e. The molecule has 0 aliphatic heterocycles. The SMILES string of the molecule is CC(C)(C)C(=O)OCC(=O)COC(=O)C(C)(C)C. The maximum absolute atomic E-state index is 11.4. The molecular formula is C13H22O5. The van der Waals surface area contributed by atoms with Crippen LogP contribution < -0.4 is 0 Å². The molecule has 0 aromatic heterocycles. The van der Waals surface area contributed by atoms with Crippen LogP contribution in [0.3, 0.4) is 0 Å². The molecule has 0 saturated carbocycles. The Bertz CT molecular complexity index is 298. The van der Waals surface area contributed by atoms with Crippen LogP contribution in [-0.4, -0.2) is 30.9 Å². The summed E-state index contributed by atoms with van der Waals surface area (Å²) >= 11 is 0. The Morgan fingerprint density at radius 2 is 1.00 bits per heavy atom.